The Morgan fingerprint density at radius 2 is 1.36 bits per heavy atom. The molecule has 0 radical (unpaired) electrons. The van der Waals surface area contributed by atoms with Crippen LogP contribution in [0, 0.1) is 13.8 Å². The van der Waals surface area contributed by atoms with Crippen LogP contribution in [0.5, 0.6) is 0 Å². The average Bonchev–Trinajstić information content (AvgIpc) is 2.66. The van der Waals surface area contributed by atoms with E-state index in [9.17, 15) is 0 Å². The summed E-state index contributed by atoms with van der Waals surface area (Å²) in [4.78, 5) is 5.11. The van der Waals surface area contributed by atoms with E-state index in [4.69, 9.17) is 4.98 Å². The molecule has 4 aromatic rings. The third kappa shape index (κ3) is 3.52. The zero-order valence-electron chi connectivity index (χ0n) is 17.4. The van der Waals surface area contributed by atoms with Crippen molar-refractivity contribution in [3.63, 3.8) is 0 Å². The van der Waals surface area contributed by atoms with E-state index in [2.05, 4.69) is 106 Å². The molecule has 0 amide bonds. The summed E-state index contributed by atoms with van der Waals surface area (Å²) in [5, 5.41) is 2.80. The molecular formula is C26H27NSi. The van der Waals surface area contributed by atoms with E-state index in [-0.39, 0.29) is 0 Å². The van der Waals surface area contributed by atoms with Crippen LogP contribution in [0.2, 0.25) is 19.6 Å². The number of nitrogens with zero attached hydrogens (tertiary/aromatic N) is 1. The molecule has 1 aromatic heterocycles. The molecular weight excluding hydrogens is 354 g/mol. The smallest absolute Gasteiger partial charge is 0.0785 e. The van der Waals surface area contributed by atoms with E-state index >= 15 is 0 Å². The number of benzene rings is 3. The van der Waals surface area contributed by atoms with Gasteiger partial charge in [-0.3, -0.25) is 0 Å². The third-order valence-corrected chi connectivity index (χ3v) is 7.28. The lowest BCUT2D eigenvalue weighted by molar-refractivity contribution is 1.34. The lowest BCUT2D eigenvalue weighted by Gasteiger charge is -2.22. The molecule has 0 fully saturated rings. The van der Waals surface area contributed by atoms with Crippen LogP contribution < -0.4 is 5.19 Å². The van der Waals surface area contributed by atoms with Crippen molar-refractivity contribution in [2.45, 2.75) is 33.5 Å². The fraction of sp³-hybridized carbons (Fsp3) is 0.192. The molecule has 0 saturated carbocycles. The highest BCUT2D eigenvalue weighted by atomic mass is 28.3. The molecule has 0 aliphatic heterocycles. The van der Waals surface area contributed by atoms with Gasteiger partial charge in [0.05, 0.1) is 19.3 Å². The molecule has 0 saturated heterocycles. The van der Waals surface area contributed by atoms with E-state index < -0.39 is 8.07 Å². The van der Waals surface area contributed by atoms with Crippen molar-refractivity contribution in [2.24, 2.45) is 0 Å². The summed E-state index contributed by atoms with van der Waals surface area (Å²) in [6, 6.07) is 26.3. The zero-order valence-corrected chi connectivity index (χ0v) is 18.4. The number of aromatic nitrogens is 1. The molecule has 140 valence electrons. The topological polar surface area (TPSA) is 12.9 Å². The van der Waals surface area contributed by atoms with Gasteiger partial charge in [0.15, 0.2) is 0 Å². The van der Waals surface area contributed by atoms with Gasteiger partial charge in [-0.15, -0.1) is 0 Å². The van der Waals surface area contributed by atoms with E-state index in [1.165, 1.54) is 38.4 Å². The molecule has 0 aliphatic rings. The third-order valence-electron chi connectivity index (χ3n) is 5.24. The van der Waals surface area contributed by atoms with Crippen molar-refractivity contribution in [2.75, 3.05) is 0 Å². The summed E-state index contributed by atoms with van der Waals surface area (Å²) in [5.41, 5.74) is 8.42. The number of rotatable bonds is 3. The minimum Gasteiger partial charge on any atom is -0.248 e. The van der Waals surface area contributed by atoms with E-state index in [1.807, 2.05) is 0 Å². The van der Waals surface area contributed by atoms with Gasteiger partial charge in [-0.25, -0.2) is 4.98 Å². The predicted octanol–water partition coefficient (Wildman–Crippen LogP) is 6.73. The highest BCUT2D eigenvalue weighted by molar-refractivity contribution is 6.90. The van der Waals surface area contributed by atoms with Crippen LogP contribution in [-0.2, 0) is 0 Å². The number of hydrogen-bond donors (Lipinski definition) is 0. The molecule has 0 unspecified atom stereocenters. The molecule has 0 spiro atoms. The Bertz CT molecular complexity index is 1130. The van der Waals surface area contributed by atoms with Gasteiger partial charge in [0.2, 0.25) is 0 Å². The Balaban J connectivity index is 2.09. The maximum Gasteiger partial charge on any atom is 0.0785 e. The number of hydrogen-bond acceptors (Lipinski definition) is 1. The van der Waals surface area contributed by atoms with E-state index in [0.717, 1.165) is 11.2 Å². The summed E-state index contributed by atoms with van der Waals surface area (Å²) >= 11 is 0. The molecule has 1 nitrogen and oxygen atoms in total. The molecule has 1 heterocycles. The average molecular weight is 382 g/mol. The minimum absolute atomic E-state index is 1.05. The minimum atomic E-state index is -1.52. The Hall–Kier alpha value is -2.71. The van der Waals surface area contributed by atoms with Gasteiger partial charge in [-0.1, -0.05) is 84.5 Å². The quantitative estimate of drug-likeness (QED) is 0.358. The number of pyridine rings is 1. The van der Waals surface area contributed by atoms with Crippen molar-refractivity contribution in [3.8, 4) is 22.4 Å². The first-order chi connectivity index (χ1) is 13.3. The number of fused-ring (bicyclic) bond motifs is 1. The van der Waals surface area contributed by atoms with Crippen LogP contribution in [0.25, 0.3) is 33.3 Å². The summed E-state index contributed by atoms with van der Waals surface area (Å²) in [7, 11) is -1.52. The molecule has 0 bridgehead atoms. The van der Waals surface area contributed by atoms with Crippen molar-refractivity contribution >= 4 is 24.2 Å². The fourth-order valence-corrected chi connectivity index (χ4v) is 5.64. The van der Waals surface area contributed by atoms with Gasteiger partial charge < -0.3 is 0 Å². The first kappa shape index (κ1) is 18.6. The second-order valence-electron chi connectivity index (χ2n) is 8.75. The summed E-state index contributed by atoms with van der Waals surface area (Å²) < 4.78 is 0. The van der Waals surface area contributed by atoms with Crippen molar-refractivity contribution < 1.29 is 0 Å². The van der Waals surface area contributed by atoms with Gasteiger partial charge in [-0.2, -0.15) is 0 Å². The van der Waals surface area contributed by atoms with Crippen molar-refractivity contribution in [3.05, 3.63) is 83.9 Å². The van der Waals surface area contributed by atoms with Gasteiger partial charge >= 0.3 is 0 Å². The highest BCUT2D eigenvalue weighted by Crippen LogP contribution is 2.33. The molecule has 0 N–H and O–H groups in total. The molecule has 4 rings (SSSR count). The van der Waals surface area contributed by atoms with Crippen LogP contribution in [0.1, 0.15) is 11.1 Å². The number of aryl methyl sites for hydroxylation is 2. The highest BCUT2D eigenvalue weighted by Gasteiger charge is 2.22. The monoisotopic (exact) mass is 381 g/mol. The Morgan fingerprint density at radius 1 is 0.679 bits per heavy atom. The second-order valence-corrected chi connectivity index (χ2v) is 13.8. The first-order valence-electron chi connectivity index (χ1n) is 9.91. The summed E-state index contributed by atoms with van der Waals surface area (Å²) in [6.45, 7) is 11.5. The lowest BCUT2D eigenvalue weighted by atomic mass is 9.97. The zero-order chi connectivity index (χ0) is 19.9. The van der Waals surface area contributed by atoms with Crippen LogP contribution in [0.15, 0.2) is 72.8 Å². The summed E-state index contributed by atoms with van der Waals surface area (Å²) in [5.74, 6) is 0. The SMILES string of the molecule is Cc1cc(C)cc(-c2cc(-c3ccccc3)c3c([Si](C)(C)C)cccc3n2)c1. The normalized spacial score (nSPS) is 11.8. The Morgan fingerprint density at radius 3 is 2.00 bits per heavy atom. The Kier molecular flexibility index (Phi) is 4.68. The van der Waals surface area contributed by atoms with Gasteiger partial charge in [0, 0.05) is 10.9 Å². The standard InChI is InChI=1S/C26H27NSi/c1-18-14-19(2)16-21(15-18)24-17-22(20-10-7-6-8-11-20)26-23(27-24)12-9-13-25(26)28(3,4)5/h6-17H,1-5H3. The van der Waals surface area contributed by atoms with Gasteiger partial charge in [-0.05, 0) is 49.2 Å². The lowest BCUT2D eigenvalue weighted by Crippen LogP contribution is -2.38. The summed E-state index contributed by atoms with van der Waals surface area (Å²) in [6.07, 6.45) is 0. The van der Waals surface area contributed by atoms with Crippen LogP contribution >= 0.6 is 0 Å². The van der Waals surface area contributed by atoms with Crippen molar-refractivity contribution in [1.29, 1.82) is 0 Å². The largest absolute Gasteiger partial charge is 0.248 e. The molecule has 0 atom stereocenters. The van der Waals surface area contributed by atoms with Crippen LogP contribution in [-0.4, -0.2) is 13.1 Å². The fourth-order valence-electron chi connectivity index (χ4n) is 4.03. The van der Waals surface area contributed by atoms with E-state index in [1.54, 1.807) is 0 Å². The second kappa shape index (κ2) is 7.03. The molecule has 2 heteroatoms. The van der Waals surface area contributed by atoms with Crippen LogP contribution in [0.3, 0.4) is 0 Å². The van der Waals surface area contributed by atoms with Crippen molar-refractivity contribution in [1.82, 2.24) is 4.98 Å². The first-order valence-corrected chi connectivity index (χ1v) is 13.4. The maximum absolute atomic E-state index is 5.11. The van der Waals surface area contributed by atoms with Gasteiger partial charge in [0.25, 0.3) is 0 Å². The van der Waals surface area contributed by atoms with Gasteiger partial charge in [0.1, 0.15) is 0 Å². The van der Waals surface area contributed by atoms with E-state index in [0.29, 0.717) is 0 Å². The molecule has 28 heavy (non-hydrogen) atoms. The predicted molar refractivity (Wildman–Crippen MR) is 125 cm³/mol. The molecule has 0 aliphatic carbocycles. The van der Waals surface area contributed by atoms with Crippen LogP contribution in [0.4, 0.5) is 0 Å². The Labute approximate surface area is 169 Å². The molecule has 3 aromatic carbocycles. The maximum atomic E-state index is 5.11.